The molecule has 0 spiro atoms. The van der Waals surface area contributed by atoms with Crippen molar-refractivity contribution in [1.82, 2.24) is 9.29 Å². The smallest absolute Gasteiger partial charge is 0.209 e. The molecule has 1 heterocycles. The first-order valence-corrected chi connectivity index (χ1v) is 10.4. The first kappa shape index (κ1) is 19.0. The maximum absolute atomic E-state index is 11.4. The molecule has 1 aromatic heterocycles. The number of ether oxygens (including phenoxy) is 1. The first-order chi connectivity index (χ1) is 12.9. The molecule has 0 saturated heterocycles. The van der Waals surface area contributed by atoms with Crippen molar-refractivity contribution in [2.24, 2.45) is 0 Å². The summed E-state index contributed by atoms with van der Waals surface area (Å²) in [5.41, 5.74) is 4.05. The summed E-state index contributed by atoms with van der Waals surface area (Å²) in [4.78, 5) is 0. The number of aryl methyl sites for hydroxylation is 1. The van der Waals surface area contributed by atoms with Gasteiger partial charge in [-0.15, -0.1) is 0 Å². The Morgan fingerprint density at radius 1 is 1.22 bits per heavy atom. The number of aromatic nitrogens is 1. The zero-order valence-corrected chi connectivity index (χ0v) is 16.3. The fourth-order valence-electron chi connectivity index (χ4n) is 3.24. The molecule has 6 nitrogen and oxygen atoms in total. The molecule has 3 aromatic rings. The minimum absolute atomic E-state index is 0.203. The Morgan fingerprint density at radius 2 is 2.00 bits per heavy atom. The molecule has 3 rings (SSSR count). The lowest BCUT2D eigenvalue weighted by Gasteiger charge is -2.11. The van der Waals surface area contributed by atoms with Crippen LogP contribution in [0.3, 0.4) is 0 Å². The monoisotopic (exact) mass is 383 g/mol. The Morgan fingerprint density at radius 3 is 2.63 bits per heavy atom. The zero-order valence-electron chi connectivity index (χ0n) is 15.5. The standard InChI is InChI=1S/C20H21N3O3S/c1-4-23-19-11-16(26-2)8-9-17(19)18(12-21)20(23)15-7-5-6-14(10-15)13-22-27(3,24)25/h5-11,22H,4,13H2,1-3H3. The number of benzene rings is 2. The van der Waals surface area contributed by atoms with Crippen molar-refractivity contribution in [3.8, 4) is 23.1 Å². The van der Waals surface area contributed by atoms with Crippen LogP contribution >= 0.6 is 0 Å². The summed E-state index contributed by atoms with van der Waals surface area (Å²) in [6.07, 6.45) is 1.13. The Labute approximate surface area is 159 Å². The van der Waals surface area contributed by atoms with Crippen molar-refractivity contribution in [2.45, 2.75) is 20.0 Å². The van der Waals surface area contributed by atoms with Gasteiger partial charge in [-0.05, 0) is 36.2 Å². The normalized spacial score (nSPS) is 11.5. The highest BCUT2D eigenvalue weighted by Gasteiger charge is 2.18. The van der Waals surface area contributed by atoms with Gasteiger partial charge in [0.25, 0.3) is 0 Å². The Kier molecular flexibility index (Phi) is 5.22. The lowest BCUT2D eigenvalue weighted by atomic mass is 10.0. The van der Waals surface area contributed by atoms with Crippen molar-refractivity contribution in [2.75, 3.05) is 13.4 Å². The van der Waals surface area contributed by atoms with E-state index in [9.17, 15) is 13.7 Å². The Bertz CT molecular complexity index is 1140. The number of nitriles is 1. The molecule has 27 heavy (non-hydrogen) atoms. The number of nitrogens with zero attached hydrogens (tertiary/aromatic N) is 2. The third-order valence-corrected chi connectivity index (χ3v) is 5.11. The molecule has 2 aromatic carbocycles. The van der Waals surface area contributed by atoms with E-state index in [1.165, 1.54) is 0 Å². The van der Waals surface area contributed by atoms with E-state index in [-0.39, 0.29) is 6.54 Å². The van der Waals surface area contributed by atoms with Gasteiger partial charge in [-0.3, -0.25) is 0 Å². The molecule has 0 unspecified atom stereocenters. The van der Waals surface area contributed by atoms with Crippen LogP contribution < -0.4 is 9.46 Å². The third kappa shape index (κ3) is 3.82. The van der Waals surface area contributed by atoms with Gasteiger partial charge in [-0.2, -0.15) is 5.26 Å². The van der Waals surface area contributed by atoms with Crippen LogP contribution in [-0.2, 0) is 23.1 Å². The second-order valence-corrected chi connectivity index (χ2v) is 8.09. The van der Waals surface area contributed by atoms with E-state index in [2.05, 4.69) is 15.4 Å². The van der Waals surface area contributed by atoms with Crippen LogP contribution in [0.25, 0.3) is 22.2 Å². The molecular formula is C20H21N3O3S. The first-order valence-electron chi connectivity index (χ1n) is 8.52. The Balaban J connectivity index is 2.18. The van der Waals surface area contributed by atoms with E-state index < -0.39 is 10.0 Å². The fourth-order valence-corrected chi connectivity index (χ4v) is 3.67. The molecule has 140 valence electrons. The predicted octanol–water partition coefficient (Wildman–Crippen LogP) is 3.26. The molecule has 0 aliphatic rings. The van der Waals surface area contributed by atoms with Gasteiger partial charge in [0.2, 0.25) is 10.0 Å². The number of fused-ring (bicyclic) bond motifs is 1. The Hall–Kier alpha value is -2.82. The topological polar surface area (TPSA) is 84.1 Å². The fraction of sp³-hybridized carbons (Fsp3) is 0.250. The van der Waals surface area contributed by atoms with E-state index in [0.29, 0.717) is 12.1 Å². The quantitative estimate of drug-likeness (QED) is 0.708. The van der Waals surface area contributed by atoms with Gasteiger partial charge < -0.3 is 9.30 Å². The molecule has 1 N–H and O–H groups in total. The van der Waals surface area contributed by atoms with Gasteiger partial charge in [-0.1, -0.05) is 18.2 Å². The summed E-state index contributed by atoms with van der Waals surface area (Å²) in [5, 5.41) is 10.7. The molecule has 0 atom stereocenters. The van der Waals surface area contributed by atoms with Crippen molar-refractivity contribution in [1.29, 1.82) is 5.26 Å². The molecule has 0 radical (unpaired) electrons. The third-order valence-electron chi connectivity index (χ3n) is 4.44. The van der Waals surface area contributed by atoms with Crippen LogP contribution in [0.5, 0.6) is 5.75 Å². The van der Waals surface area contributed by atoms with Gasteiger partial charge in [0, 0.05) is 24.5 Å². The van der Waals surface area contributed by atoms with Crippen molar-refractivity contribution in [3.05, 3.63) is 53.6 Å². The average molecular weight is 383 g/mol. The number of sulfonamides is 1. The molecule has 0 bridgehead atoms. The highest BCUT2D eigenvalue weighted by atomic mass is 32.2. The lowest BCUT2D eigenvalue weighted by molar-refractivity contribution is 0.415. The molecule has 7 heteroatoms. The van der Waals surface area contributed by atoms with Gasteiger partial charge in [-0.25, -0.2) is 13.1 Å². The molecule has 0 aliphatic heterocycles. The number of nitrogens with one attached hydrogen (secondary N) is 1. The van der Waals surface area contributed by atoms with Gasteiger partial charge >= 0.3 is 0 Å². The van der Waals surface area contributed by atoms with Crippen LogP contribution in [0.1, 0.15) is 18.1 Å². The van der Waals surface area contributed by atoms with Gasteiger partial charge in [0.05, 0.1) is 30.1 Å². The van der Waals surface area contributed by atoms with Gasteiger partial charge in [0.15, 0.2) is 0 Å². The maximum atomic E-state index is 11.4. The zero-order chi connectivity index (χ0) is 19.6. The van der Waals surface area contributed by atoms with Crippen molar-refractivity contribution < 1.29 is 13.2 Å². The van der Waals surface area contributed by atoms with E-state index in [0.717, 1.165) is 39.7 Å². The average Bonchev–Trinajstić information content (AvgIpc) is 2.98. The van der Waals surface area contributed by atoms with Crippen LogP contribution in [-0.4, -0.2) is 26.4 Å². The second-order valence-electron chi connectivity index (χ2n) is 6.26. The van der Waals surface area contributed by atoms with E-state index >= 15 is 0 Å². The number of hydrogen-bond acceptors (Lipinski definition) is 4. The highest BCUT2D eigenvalue weighted by Crippen LogP contribution is 2.35. The number of hydrogen-bond donors (Lipinski definition) is 1. The summed E-state index contributed by atoms with van der Waals surface area (Å²) < 4.78 is 32.7. The van der Waals surface area contributed by atoms with E-state index in [1.807, 2.05) is 49.4 Å². The van der Waals surface area contributed by atoms with Crippen LogP contribution in [0.15, 0.2) is 42.5 Å². The highest BCUT2D eigenvalue weighted by molar-refractivity contribution is 7.88. The lowest BCUT2D eigenvalue weighted by Crippen LogP contribution is -2.21. The van der Waals surface area contributed by atoms with Crippen LogP contribution in [0.4, 0.5) is 0 Å². The molecule has 0 fully saturated rings. The van der Waals surface area contributed by atoms with Gasteiger partial charge in [0.1, 0.15) is 11.8 Å². The van der Waals surface area contributed by atoms with E-state index in [1.54, 1.807) is 7.11 Å². The molecule has 0 amide bonds. The van der Waals surface area contributed by atoms with Crippen molar-refractivity contribution in [3.63, 3.8) is 0 Å². The minimum atomic E-state index is -3.28. The van der Waals surface area contributed by atoms with Crippen LogP contribution in [0, 0.1) is 11.3 Å². The maximum Gasteiger partial charge on any atom is 0.209 e. The minimum Gasteiger partial charge on any atom is -0.497 e. The summed E-state index contributed by atoms with van der Waals surface area (Å²) in [6.45, 7) is 2.92. The number of rotatable bonds is 6. The van der Waals surface area contributed by atoms with E-state index in [4.69, 9.17) is 4.74 Å². The predicted molar refractivity (Wildman–Crippen MR) is 106 cm³/mol. The number of methoxy groups -OCH3 is 1. The second kappa shape index (κ2) is 7.43. The van der Waals surface area contributed by atoms with Crippen molar-refractivity contribution >= 4 is 20.9 Å². The summed E-state index contributed by atoms with van der Waals surface area (Å²) in [7, 11) is -1.66. The molecule has 0 saturated carbocycles. The summed E-state index contributed by atoms with van der Waals surface area (Å²) in [5.74, 6) is 0.733. The largest absolute Gasteiger partial charge is 0.497 e. The summed E-state index contributed by atoms with van der Waals surface area (Å²) >= 11 is 0. The molecular weight excluding hydrogens is 362 g/mol. The summed E-state index contributed by atoms with van der Waals surface area (Å²) in [6, 6.07) is 15.6. The molecule has 0 aliphatic carbocycles. The van der Waals surface area contributed by atoms with Crippen LogP contribution in [0.2, 0.25) is 0 Å². The SMILES string of the molecule is CCn1c(-c2cccc(CNS(C)(=O)=O)c2)c(C#N)c2ccc(OC)cc21.